The monoisotopic (exact) mass is 272 g/mol. The van der Waals surface area contributed by atoms with E-state index in [9.17, 15) is 0 Å². The van der Waals surface area contributed by atoms with Crippen molar-refractivity contribution in [3.05, 3.63) is 41.7 Å². The van der Waals surface area contributed by atoms with Gasteiger partial charge in [-0.05, 0) is 18.1 Å². The highest BCUT2D eigenvalue weighted by Gasteiger charge is 2.08. The lowest BCUT2D eigenvalue weighted by Gasteiger charge is -2.14. The summed E-state index contributed by atoms with van der Waals surface area (Å²) in [6.07, 6.45) is 4.21. The van der Waals surface area contributed by atoms with E-state index < -0.39 is 0 Å². The van der Waals surface area contributed by atoms with E-state index in [0.29, 0.717) is 0 Å². The molecule has 0 atom stereocenters. The van der Waals surface area contributed by atoms with Crippen molar-refractivity contribution in [1.82, 2.24) is 9.55 Å². The smallest absolute Gasteiger partial charge is 0.204 e. The number of benzene rings is 1. The molecule has 108 valence electrons. The third-order valence-electron chi connectivity index (χ3n) is 3.46. The van der Waals surface area contributed by atoms with Crippen LogP contribution < -0.4 is 10.2 Å². The van der Waals surface area contributed by atoms with Gasteiger partial charge in [0.2, 0.25) is 5.95 Å². The van der Waals surface area contributed by atoms with Crippen LogP contribution in [-0.4, -0.2) is 23.6 Å². The quantitative estimate of drug-likeness (QED) is 0.877. The molecule has 0 aliphatic heterocycles. The Balaban J connectivity index is 2.09. The molecular formula is C16H24N4. The van der Waals surface area contributed by atoms with Crippen LogP contribution in [-0.2, 0) is 20.0 Å². The van der Waals surface area contributed by atoms with Crippen molar-refractivity contribution in [3.8, 4) is 0 Å². The minimum atomic E-state index is 0.790. The van der Waals surface area contributed by atoms with Crippen molar-refractivity contribution < 1.29 is 0 Å². The first kappa shape index (κ1) is 14.4. The van der Waals surface area contributed by atoms with Gasteiger partial charge in [-0.3, -0.25) is 0 Å². The molecule has 0 spiro atoms. The molecule has 0 aliphatic carbocycles. The molecule has 20 heavy (non-hydrogen) atoms. The van der Waals surface area contributed by atoms with Gasteiger partial charge in [0.1, 0.15) is 0 Å². The Morgan fingerprint density at radius 2 is 2.00 bits per heavy atom. The number of hydrogen-bond donors (Lipinski definition) is 1. The lowest BCUT2D eigenvalue weighted by atomic mass is 10.1. The summed E-state index contributed by atoms with van der Waals surface area (Å²) in [6.45, 7) is 3.00. The maximum atomic E-state index is 4.44. The lowest BCUT2D eigenvalue weighted by molar-refractivity contribution is 0.812. The van der Waals surface area contributed by atoms with Crippen LogP contribution in [0.1, 0.15) is 24.6 Å². The molecule has 0 fully saturated rings. The van der Waals surface area contributed by atoms with Crippen molar-refractivity contribution in [2.24, 2.45) is 7.05 Å². The fraction of sp³-hybridized carbons (Fsp3) is 0.438. The number of aromatic nitrogens is 2. The average Bonchev–Trinajstić information content (AvgIpc) is 2.79. The normalized spacial score (nSPS) is 10.6. The highest BCUT2D eigenvalue weighted by Crippen LogP contribution is 2.18. The molecule has 0 unspecified atom stereocenters. The molecule has 1 aromatic carbocycles. The van der Waals surface area contributed by atoms with Crippen LogP contribution >= 0.6 is 0 Å². The summed E-state index contributed by atoms with van der Waals surface area (Å²) < 4.78 is 2.12. The van der Waals surface area contributed by atoms with E-state index in [1.807, 2.05) is 25.2 Å². The minimum absolute atomic E-state index is 0.790. The lowest BCUT2D eigenvalue weighted by Crippen LogP contribution is -2.15. The van der Waals surface area contributed by atoms with Crippen LogP contribution in [0.15, 0.2) is 30.5 Å². The number of imidazole rings is 1. The number of para-hydroxylation sites is 1. The molecule has 2 aromatic rings. The number of nitrogens with one attached hydrogen (secondary N) is 1. The zero-order chi connectivity index (χ0) is 14.5. The number of hydrogen-bond acceptors (Lipinski definition) is 3. The zero-order valence-corrected chi connectivity index (χ0v) is 12.8. The average molecular weight is 272 g/mol. The zero-order valence-electron chi connectivity index (χ0n) is 12.8. The Bertz CT molecular complexity index is 557. The minimum Gasteiger partial charge on any atom is -0.379 e. The third kappa shape index (κ3) is 3.13. The van der Waals surface area contributed by atoms with Crippen LogP contribution in [0.2, 0.25) is 0 Å². The SMILES string of the molecule is CCCc1ccccc1NCc1cnc(N(C)C)n1C. The van der Waals surface area contributed by atoms with E-state index >= 15 is 0 Å². The van der Waals surface area contributed by atoms with Crippen molar-refractivity contribution in [2.45, 2.75) is 26.3 Å². The predicted molar refractivity (Wildman–Crippen MR) is 85.3 cm³/mol. The van der Waals surface area contributed by atoms with Crippen LogP contribution in [0.5, 0.6) is 0 Å². The van der Waals surface area contributed by atoms with Gasteiger partial charge < -0.3 is 14.8 Å². The van der Waals surface area contributed by atoms with Gasteiger partial charge in [0.25, 0.3) is 0 Å². The van der Waals surface area contributed by atoms with E-state index in [0.717, 1.165) is 25.3 Å². The van der Waals surface area contributed by atoms with Gasteiger partial charge in [-0.1, -0.05) is 31.5 Å². The van der Waals surface area contributed by atoms with Gasteiger partial charge in [0.05, 0.1) is 18.4 Å². The Labute approximate surface area is 121 Å². The summed E-state index contributed by atoms with van der Waals surface area (Å²) in [4.78, 5) is 6.46. The molecule has 1 aromatic heterocycles. The summed E-state index contributed by atoms with van der Waals surface area (Å²) in [7, 11) is 6.07. The van der Waals surface area contributed by atoms with Crippen molar-refractivity contribution in [2.75, 3.05) is 24.3 Å². The molecule has 4 heteroatoms. The first-order chi connectivity index (χ1) is 9.63. The highest BCUT2D eigenvalue weighted by molar-refractivity contribution is 5.51. The third-order valence-corrected chi connectivity index (χ3v) is 3.46. The molecule has 1 N–H and O–H groups in total. The number of aryl methyl sites for hydroxylation is 1. The molecule has 0 saturated heterocycles. The molecule has 0 saturated carbocycles. The van der Waals surface area contributed by atoms with Crippen LogP contribution in [0, 0.1) is 0 Å². The second-order valence-electron chi connectivity index (χ2n) is 5.26. The van der Waals surface area contributed by atoms with Gasteiger partial charge in [0, 0.05) is 26.8 Å². The Morgan fingerprint density at radius 3 is 2.65 bits per heavy atom. The fourth-order valence-electron chi connectivity index (χ4n) is 2.38. The van der Waals surface area contributed by atoms with E-state index in [2.05, 4.69) is 53.1 Å². The van der Waals surface area contributed by atoms with Gasteiger partial charge >= 0.3 is 0 Å². The largest absolute Gasteiger partial charge is 0.379 e. The summed E-state index contributed by atoms with van der Waals surface area (Å²) in [6, 6.07) is 8.52. The van der Waals surface area contributed by atoms with E-state index in [4.69, 9.17) is 0 Å². The standard InChI is InChI=1S/C16H24N4/c1-5-8-13-9-6-7-10-15(13)17-11-14-12-18-16(19(2)3)20(14)4/h6-7,9-10,12,17H,5,8,11H2,1-4H3. The second-order valence-corrected chi connectivity index (χ2v) is 5.26. The van der Waals surface area contributed by atoms with Crippen LogP contribution in [0.4, 0.5) is 11.6 Å². The molecular weight excluding hydrogens is 248 g/mol. The van der Waals surface area contributed by atoms with Crippen molar-refractivity contribution >= 4 is 11.6 Å². The number of rotatable bonds is 6. The summed E-state index contributed by atoms with van der Waals surface area (Å²) >= 11 is 0. The topological polar surface area (TPSA) is 33.1 Å². The predicted octanol–water partition coefficient (Wildman–Crippen LogP) is 3.05. The molecule has 2 rings (SSSR count). The molecule has 0 amide bonds. The van der Waals surface area contributed by atoms with E-state index in [-0.39, 0.29) is 0 Å². The first-order valence-corrected chi connectivity index (χ1v) is 7.13. The van der Waals surface area contributed by atoms with Crippen molar-refractivity contribution in [1.29, 1.82) is 0 Å². The Hall–Kier alpha value is -1.97. The molecule has 0 bridgehead atoms. The molecule has 0 radical (unpaired) electrons. The summed E-state index contributed by atoms with van der Waals surface area (Å²) in [5, 5.41) is 3.53. The number of anilines is 2. The van der Waals surface area contributed by atoms with Gasteiger partial charge in [-0.15, -0.1) is 0 Å². The summed E-state index contributed by atoms with van der Waals surface area (Å²) in [5.74, 6) is 0.976. The second kappa shape index (κ2) is 6.46. The molecule has 4 nitrogen and oxygen atoms in total. The molecule has 1 heterocycles. The van der Waals surface area contributed by atoms with E-state index in [1.165, 1.54) is 16.9 Å². The first-order valence-electron chi connectivity index (χ1n) is 7.13. The van der Waals surface area contributed by atoms with Gasteiger partial charge in [-0.2, -0.15) is 0 Å². The van der Waals surface area contributed by atoms with Crippen molar-refractivity contribution in [3.63, 3.8) is 0 Å². The van der Waals surface area contributed by atoms with E-state index in [1.54, 1.807) is 0 Å². The maximum Gasteiger partial charge on any atom is 0.204 e. The maximum absolute atomic E-state index is 4.44. The van der Waals surface area contributed by atoms with Gasteiger partial charge in [0.15, 0.2) is 0 Å². The molecule has 0 aliphatic rings. The Kier molecular flexibility index (Phi) is 4.66. The number of nitrogens with zero attached hydrogens (tertiary/aromatic N) is 3. The Morgan fingerprint density at radius 1 is 1.25 bits per heavy atom. The van der Waals surface area contributed by atoms with Crippen LogP contribution in [0.3, 0.4) is 0 Å². The van der Waals surface area contributed by atoms with Gasteiger partial charge in [-0.25, -0.2) is 4.98 Å². The fourth-order valence-corrected chi connectivity index (χ4v) is 2.38. The highest BCUT2D eigenvalue weighted by atomic mass is 15.3. The summed E-state index contributed by atoms with van der Waals surface area (Å²) in [5.41, 5.74) is 3.78. The van der Waals surface area contributed by atoms with Crippen LogP contribution in [0.25, 0.3) is 0 Å².